The van der Waals surface area contributed by atoms with E-state index >= 15 is 0 Å². The molecule has 6 heteroatoms. The van der Waals surface area contributed by atoms with Gasteiger partial charge < -0.3 is 20.7 Å². The number of methoxy groups -OCH3 is 1. The van der Waals surface area contributed by atoms with Gasteiger partial charge in [-0.25, -0.2) is 0 Å². The van der Waals surface area contributed by atoms with Crippen LogP contribution in [0.2, 0.25) is 0 Å². The Labute approximate surface area is 118 Å². The lowest BCUT2D eigenvalue weighted by atomic mass is 10.1. The topological polar surface area (TPSA) is 79.5 Å². The SMILES string of the molecule is CNC(=O)Cc1ccc(NC(=O)CNCCOC)cc1. The molecule has 0 fully saturated rings. The number of hydrogen-bond acceptors (Lipinski definition) is 4. The Morgan fingerprint density at radius 3 is 2.45 bits per heavy atom. The molecule has 0 unspecified atom stereocenters. The molecule has 1 aromatic carbocycles. The summed E-state index contributed by atoms with van der Waals surface area (Å²) in [5, 5.41) is 8.30. The summed E-state index contributed by atoms with van der Waals surface area (Å²) >= 11 is 0. The molecule has 2 amide bonds. The van der Waals surface area contributed by atoms with Crippen LogP contribution in [0, 0.1) is 0 Å². The minimum Gasteiger partial charge on any atom is -0.383 e. The zero-order valence-corrected chi connectivity index (χ0v) is 11.9. The summed E-state index contributed by atoms with van der Waals surface area (Å²) in [7, 11) is 3.22. The van der Waals surface area contributed by atoms with Crippen LogP contribution in [0.1, 0.15) is 5.56 Å². The van der Waals surface area contributed by atoms with Crippen LogP contribution in [0.5, 0.6) is 0 Å². The largest absolute Gasteiger partial charge is 0.383 e. The molecule has 0 saturated carbocycles. The Balaban J connectivity index is 2.37. The molecule has 20 heavy (non-hydrogen) atoms. The van der Waals surface area contributed by atoms with Crippen molar-refractivity contribution in [2.45, 2.75) is 6.42 Å². The summed E-state index contributed by atoms with van der Waals surface area (Å²) in [4.78, 5) is 22.8. The Morgan fingerprint density at radius 1 is 1.15 bits per heavy atom. The minimum atomic E-state index is -0.111. The molecule has 0 radical (unpaired) electrons. The number of nitrogens with one attached hydrogen (secondary N) is 3. The highest BCUT2D eigenvalue weighted by atomic mass is 16.5. The van der Waals surface area contributed by atoms with E-state index in [1.165, 1.54) is 0 Å². The van der Waals surface area contributed by atoms with Gasteiger partial charge in [0.1, 0.15) is 0 Å². The molecule has 0 spiro atoms. The number of carbonyl (C=O) groups excluding carboxylic acids is 2. The average molecular weight is 279 g/mol. The first kappa shape index (κ1) is 16.1. The van der Waals surface area contributed by atoms with E-state index in [9.17, 15) is 9.59 Å². The normalized spacial score (nSPS) is 10.1. The van der Waals surface area contributed by atoms with Crippen molar-refractivity contribution < 1.29 is 14.3 Å². The van der Waals surface area contributed by atoms with Crippen LogP contribution < -0.4 is 16.0 Å². The third-order valence-corrected chi connectivity index (χ3v) is 2.65. The van der Waals surface area contributed by atoms with Crippen LogP contribution in [-0.2, 0) is 20.7 Å². The van der Waals surface area contributed by atoms with Gasteiger partial charge in [-0.2, -0.15) is 0 Å². The van der Waals surface area contributed by atoms with Gasteiger partial charge in [-0.05, 0) is 17.7 Å². The summed E-state index contributed by atoms with van der Waals surface area (Å²) in [5.74, 6) is -0.149. The van der Waals surface area contributed by atoms with E-state index in [1.54, 1.807) is 26.3 Å². The second-order valence-electron chi connectivity index (χ2n) is 4.26. The van der Waals surface area contributed by atoms with Crippen LogP contribution in [-0.4, -0.2) is 45.7 Å². The third-order valence-electron chi connectivity index (χ3n) is 2.65. The fourth-order valence-electron chi connectivity index (χ4n) is 1.56. The van der Waals surface area contributed by atoms with Crippen LogP contribution in [0.25, 0.3) is 0 Å². The highest BCUT2D eigenvalue weighted by Crippen LogP contribution is 2.09. The Morgan fingerprint density at radius 2 is 1.85 bits per heavy atom. The number of amides is 2. The van der Waals surface area contributed by atoms with Crippen molar-refractivity contribution in [3.63, 3.8) is 0 Å². The molecule has 0 aromatic heterocycles. The van der Waals surface area contributed by atoms with E-state index in [0.717, 1.165) is 5.56 Å². The monoisotopic (exact) mass is 279 g/mol. The standard InChI is InChI=1S/C14H21N3O3/c1-15-13(18)9-11-3-5-12(6-4-11)17-14(19)10-16-7-8-20-2/h3-6,16H,7-10H2,1-2H3,(H,15,18)(H,17,19). The van der Waals surface area contributed by atoms with Gasteiger partial charge >= 0.3 is 0 Å². The molecule has 0 bridgehead atoms. The Kier molecular flexibility index (Phi) is 7.31. The second kappa shape index (κ2) is 9.06. The number of likely N-dealkylation sites (N-methyl/N-ethyl adjacent to an activating group) is 1. The van der Waals surface area contributed by atoms with Gasteiger partial charge in [-0.15, -0.1) is 0 Å². The molecular formula is C14H21N3O3. The molecule has 6 nitrogen and oxygen atoms in total. The van der Waals surface area contributed by atoms with Gasteiger partial charge in [-0.3, -0.25) is 9.59 Å². The van der Waals surface area contributed by atoms with Gasteiger partial charge in [0.15, 0.2) is 0 Å². The average Bonchev–Trinajstić information content (AvgIpc) is 2.45. The lowest BCUT2D eigenvalue weighted by molar-refractivity contribution is -0.120. The molecule has 110 valence electrons. The van der Waals surface area contributed by atoms with Crippen molar-refractivity contribution in [3.8, 4) is 0 Å². The molecule has 1 rings (SSSR count). The van der Waals surface area contributed by atoms with Gasteiger partial charge in [0.25, 0.3) is 0 Å². The fraction of sp³-hybridized carbons (Fsp3) is 0.429. The number of anilines is 1. The van der Waals surface area contributed by atoms with E-state index in [0.29, 0.717) is 25.3 Å². The smallest absolute Gasteiger partial charge is 0.238 e. The van der Waals surface area contributed by atoms with E-state index in [4.69, 9.17) is 4.74 Å². The number of rotatable bonds is 8. The predicted molar refractivity (Wildman–Crippen MR) is 77.6 cm³/mol. The maximum Gasteiger partial charge on any atom is 0.238 e. The van der Waals surface area contributed by atoms with Crippen molar-refractivity contribution >= 4 is 17.5 Å². The zero-order valence-electron chi connectivity index (χ0n) is 11.9. The van der Waals surface area contributed by atoms with Crippen molar-refractivity contribution in [3.05, 3.63) is 29.8 Å². The molecule has 0 atom stereocenters. The first-order valence-electron chi connectivity index (χ1n) is 6.44. The van der Waals surface area contributed by atoms with Gasteiger partial charge in [0.2, 0.25) is 11.8 Å². The summed E-state index contributed by atoms with van der Waals surface area (Å²) in [6.45, 7) is 1.44. The molecule has 0 heterocycles. The number of hydrogen-bond donors (Lipinski definition) is 3. The lowest BCUT2D eigenvalue weighted by Crippen LogP contribution is -2.30. The maximum atomic E-state index is 11.6. The summed E-state index contributed by atoms with van der Waals surface area (Å²) in [6.07, 6.45) is 0.337. The minimum absolute atomic E-state index is 0.0378. The second-order valence-corrected chi connectivity index (χ2v) is 4.26. The molecule has 3 N–H and O–H groups in total. The Bertz CT molecular complexity index is 432. The highest BCUT2D eigenvalue weighted by Gasteiger charge is 2.03. The van der Waals surface area contributed by atoms with Gasteiger partial charge in [0, 0.05) is 26.4 Å². The first-order valence-corrected chi connectivity index (χ1v) is 6.44. The maximum absolute atomic E-state index is 11.6. The third kappa shape index (κ3) is 6.31. The predicted octanol–water partition coefficient (Wildman–Crippen LogP) is 0.150. The van der Waals surface area contributed by atoms with Crippen molar-refractivity contribution in [1.29, 1.82) is 0 Å². The van der Waals surface area contributed by atoms with Gasteiger partial charge in [0.05, 0.1) is 19.6 Å². The summed E-state index contributed by atoms with van der Waals surface area (Å²) in [5.41, 5.74) is 1.62. The van der Waals surface area contributed by atoms with E-state index in [-0.39, 0.29) is 18.4 Å². The van der Waals surface area contributed by atoms with Crippen LogP contribution >= 0.6 is 0 Å². The van der Waals surface area contributed by atoms with E-state index < -0.39 is 0 Å². The Hall–Kier alpha value is -1.92. The summed E-state index contributed by atoms with van der Waals surface area (Å²) in [6, 6.07) is 7.21. The van der Waals surface area contributed by atoms with Crippen molar-refractivity contribution in [1.82, 2.24) is 10.6 Å². The molecular weight excluding hydrogens is 258 g/mol. The number of benzene rings is 1. The van der Waals surface area contributed by atoms with Crippen molar-refractivity contribution in [2.75, 3.05) is 39.2 Å². The molecule has 0 aliphatic rings. The summed E-state index contributed by atoms with van der Waals surface area (Å²) < 4.78 is 4.87. The molecule has 1 aromatic rings. The molecule has 0 saturated heterocycles. The van der Waals surface area contributed by atoms with Crippen LogP contribution in [0.15, 0.2) is 24.3 Å². The fourth-order valence-corrected chi connectivity index (χ4v) is 1.56. The van der Waals surface area contributed by atoms with Crippen molar-refractivity contribution in [2.24, 2.45) is 0 Å². The van der Waals surface area contributed by atoms with Gasteiger partial charge in [-0.1, -0.05) is 12.1 Å². The van der Waals surface area contributed by atoms with E-state index in [2.05, 4.69) is 16.0 Å². The zero-order chi connectivity index (χ0) is 14.8. The lowest BCUT2D eigenvalue weighted by Gasteiger charge is -2.07. The highest BCUT2D eigenvalue weighted by molar-refractivity contribution is 5.92. The first-order chi connectivity index (χ1) is 9.65. The van der Waals surface area contributed by atoms with Crippen LogP contribution in [0.4, 0.5) is 5.69 Å². The molecule has 0 aliphatic carbocycles. The number of ether oxygens (including phenoxy) is 1. The quantitative estimate of drug-likeness (QED) is 0.592. The molecule has 0 aliphatic heterocycles. The van der Waals surface area contributed by atoms with Crippen LogP contribution in [0.3, 0.4) is 0 Å². The van der Waals surface area contributed by atoms with E-state index in [1.807, 2.05) is 12.1 Å². The number of carbonyl (C=O) groups is 2.